The number of carbonyl (C=O) groups is 1. The summed E-state index contributed by atoms with van der Waals surface area (Å²) in [6, 6.07) is 0.156. The van der Waals surface area contributed by atoms with Crippen molar-refractivity contribution in [1.29, 1.82) is 0 Å². The fourth-order valence-electron chi connectivity index (χ4n) is 1.31. The van der Waals surface area contributed by atoms with Crippen molar-refractivity contribution in [3.8, 4) is 0 Å². The molecule has 1 aliphatic rings. The van der Waals surface area contributed by atoms with Crippen LogP contribution >= 0.6 is 0 Å². The molecule has 0 spiro atoms. The van der Waals surface area contributed by atoms with Gasteiger partial charge in [0.1, 0.15) is 0 Å². The van der Waals surface area contributed by atoms with E-state index in [4.69, 9.17) is 5.73 Å². The molecule has 1 aliphatic heterocycles. The molecule has 4 nitrogen and oxygen atoms in total. The van der Waals surface area contributed by atoms with E-state index in [0.29, 0.717) is 11.5 Å². The molecule has 0 unspecified atom stereocenters. The van der Waals surface area contributed by atoms with Gasteiger partial charge in [-0.3, -0.25) is 9.00 Å². The quantitative estimate of drug-likeness (QED) is 0.671. The van der Waals surface area contributed by atoms with E-state index in [-0.39, 0.29) is 11.9 Å². The topological polar surface area (TPSA) is 72.2 Å². The van der Waals surface area contributed by atoms with Gasteiger partial charge >= 0.3 is 0 Å². The maximum atomic E-state index is 11.5. The van der Waals surface area contributed by atoms with E-state index in [1.165, 1.54) is 0 Å². The molecule has 82 valence electrons. The van der Waals surface area contributed by atoms with Crippen LogP contribution in [0.15, 0.2) is 0 Å². The normalized spacial score (nSPS) is 28.5. The van der Waals surface area contributed by atoms with Crippen LogP contribution in [0.2, 0.25) is 0 Å². The lowest BCUT2D eigenvalue weighted by atomic mass is 10.0. The third-order valence-electron chi connectivity index (χ3n) is 2.31. The summed E-state index contributed by atoms with van der Waals surface area (Å²) in [5, 5.41) is 2.88. The first-order chi connectivity index (χ1) is 6.39. The third-order valence-corrected chi connectivity index (χ3v) is 3.69. The highest BCUT2D eigenvalue weighted by Crippen LogP contribution is 2.10. The van der Waals surface area contributed by atoms with E-state index in [0.717, 1.165) is 12.8 Å². The highest BCUT2D eigenvalue weighted by Gasteiger charge is 2.26. The SMILES string of the molecule is CC(C)(N)C(=O)NC1CCS(=O)CC1. The molecule has 1 fully saturated rings. The summed E-state index contributed by atoms with van der Waals surface area (Å²) in [5.41, 5.74) is 4.83. The average Bonchev–Trinajstić information content (AvgIpc) is 2.07. The largest absolute Gasteiger partial charge is 0.352 e. The number of nitrogens with one attached hydrogen (secondary N) is 1. The Morgan fingerprint density at radius 1 is 1.43 bits per heavy atom. The predicted octanol–water partition coefficient (Wildman–Crippen LogP) is -0.249. The van der Waals surface area contributed by atoms with Crippen molar-refractivity contribution in [3.63, 3.8) is 0 Å². The number of carbonyl (C=O) groups excluding carboxylic acids is 1. The Bertz CT molecular complexity index is 238. The van der Waals surface area contributed by atoms with Gasteiger partial charge in [-0.05, 0) is 26.7 Å². The number of nitrogens with two attached hydrogens (primary N) is 1. The first-order valence-corrected chi connectivity index (χ1v) is 6.33. The molecule has 1 amide bonds. The summed E-state index contributed by atoms with van der Waals surface area (Å²) in [6.07, 6.45) is 1.60. The van der Waals surface area contributed by atoms with Crippen LogP contribution in [0, 0.1) is 0 Å². The van der Waals surface area contributed by atoms with Crippen LogP contribution in [0.3, 0.4) is 0 Å². The summed E-state index contributed by atoms with van der Waals surface area (Å²) in [4.78, 5) is 11.5. The fraction of sp³-hybridized carbons (Fsp3) is 0.889. The van der Waals surface area contributed by atoms with Gasteiger partial charge in [0.2, 0.25) is 5.91 Å². The van der Waals surface area contributed by atoms with Gasteiger partial charge in [-0.25, -0.2) is 0 Å². The summed E-state index contributed by atoms with van der Waals surface area (Å²) >= 11 is 0. The lowest BCUT2D eigenvalue weighted by Gasteiger charge is -2.26. The van der Waals surface area contributed by atoms with Crippen molar-refractivity contribution in [2.75, 3.05) is 11.5 Å². The Morgan fingerprint density at radius 3 is 2.36 bits per heavy atom. The van der Waals surface area contributed by atoms with Gasteiger partial charge in [0.15, 0.2) is 0 Å². The summed E-state index contributed by atoms with van der Waals surface area (Å²) in [7, 11) is -0.679. The second-order valence-corrected chi connectivity index (χ2v) is 6.01. The molecular weight excluding hydrogens is 200 g/mol. The number of amides is 1. The molecule has 1 rings (SSSR count). The lowest BCUT2D eigenvalue weighted by molar-refractivity contribution is -0.126. The molecule has 0 radical (unpaired) electrons. The minimum atomic E-state index is -0.823. The molecule has 0 aromatic heterocycles. The zero-order chi connectivity index (χ0) is 10.8. The average molecular weight is 218 g/mol. The Labute approximate surface area is 87.1 Å². The highest BCUT2D eigenvalue weighted by atomic mass is 32.2. The third kappa shape index (κ3) is 3.38. The predicted molar refractivity (Wildman–Crippen MR) is 57.3 cm³/mol. The van der Waals surface area contributed by atoms with Crippen molar-refractivity contribution in [1.82, 2.24) is 5.32 Å². The number of hydrogen-bond donors (Lipinski definition) is 2. The maximum Gasteiger partial charge on any atom is 0.239 e. The first-order valence-electron chi connectivity index (χ1n) is 4.84. The first kappa shape index (κ1) is 11.7. The van der Waals surface area contributed by atoms with Gasteiger partial charge in [-0.2, -0.15) is 0 Å². The van der Waals surface area contributed by atoms with Crippen molar-refractivity contribution in [2.24, 2.45) is 5.73 Å². The van der Waals surface area contributed by atoms with E-state index in [2.05, 4.69) is 5.32 Å². The van der Waals surface area contributed by atoms with Crippen molar-refractivity contribution < 1.29 is 9.00 Å². The van der Waals surface area contributed by atoms with Gasteiger partial charge in [0.05, 0.1) is 5.54 Å². The molecule has 0 aromatic carbocycles. The molecule has 1 heterocycles. The molecule has 5 heteroatoms. The fourth-order valence-corrected chi connectivity index (χ4v) is 2.61. The van der Waals surface area contributed by atoms with Crippen molar-refractivity contribution in [2.45, 2.75) is 38.3 Å². The molecule has 3 N–H and O–H groups in total. The van der Waals surface area contributed by atoms with Crippen LogP contribution < -0.4 is 11.1 Å². The van der Waals surface area contributed by atoms with Gasteiger partial charge in [-0.1, -0.05) is 0 Å². The van der Waals surface area contributed by atoms with Crippen LogP contribution in [0.4, 0.5) is 0 Å². The Morgan fingerprint density at radius 2 is 1.93 bits per heavy atom. The minimum Gasteiger partial charge on any atom is -0.352 e. The van der Waals surface area contributed by atoms with Gasteiger partial charge in [0.25, 0.3) is 0 Å². The van der Waals surface area contributed by atoms with Crippen molar-refractivity contribution >= 4 is 16.7 Å². The van der Waals surface area contributed by atoms with Gasteiger partial charge in [0, 0.05) is 28.3 Å². The smallest absolute Gasteiger partial charge is 0.239 e. The molecule has 0 saturated carbocycles. The van der Waals surface area contributed by atoms with Crippen LogP contribution in [0.25, 0.3) is 0 Å². The van der Waals surface area contributed by atoms with Crippen molar-refractivity contribution in [3.05, 3.63) is 0 Å². The van der Waals surface area contributed by atoms with Crippen LogP contribution in [-0.4, -0.2) is 33.2 Å². The summed E-state index contributed by atoms with van der Waals surface area (Å²) in [6.45, 7) is 3.37. The Hall–Kier alpha value is -0.420. The van der Waals surface area contributed by atoms with Crippen LogP contribution in [0.5, 0.6) is 0 Å². The zero-order valence-corrected chi connectivity index (χ0v) is 9.52. The number of hydrogen-bond acceptors (Lipinski definition) is 3. The van der Waals surface area contributed by atoms with Crippen LogP contribution in [-0.2, 0) is 15.6 Å². The zero-order valence-electron chi connectivity index (χ0n) is 8.71. The minimum absolute atomic E-state index is 0.129. The van der Waals surface area contributed by atoms with Gasteiger partial charge < -0.3 is 11.1 Å². The second kappa shape index (κ2) is 4.40. The molecular formula is C9H18N2O2S. The molecule has 0 atom stereocenters. The second-order valence-electron chi connectivity index (χ2n) is 4.32. The molecule has 0 aliphatic carbocycles. The Kier molecular flexibility index (Phi) is 3.66. The monoisotopic (exact) mass is 218 g/mol. The number of rotatable bonds is 2. The summed E-state index contributed by atoms with van der Waals surface area (Å²) in [5.74, 6) is 1.25. The van der Waals surface area contributed by atoms with E-state index < -0.39 is 16.3 Å². The molecule has 0 bridgehead atoms. The van der Waals surface area contributed by atoms with E-state index in [9.17, 15) is 9.00 Å². The molecule has 0 aromatic rings. The highest BCUT2D eigenvalue weighted by molar-refractivity contribution is 7.85. The van der Waals surface area contributed by atoms with E-state index in [1.54, 1.807) is 13.8 Å². The maximum absolute atomic E-state index is 11.5. The molecule has 1 saturated heterocycles. The van der Waals surface area contributed by atoms with E-state index in [1.807, 2.05) is 0 Å². The standard InChI is InChI=1S/C9H18N2O2S/c1-9(2,10)8(12)11-7-3-5-14(13)6-4-7/h7H,3-6,10H2,1-2H3,(H,11,12). The lowest BCUT2D eigenvalue weighted by Crippen LogP contribution is -2.53. The Balaban J connectivity index is 2.38. The van der Waals surface area contributed by atoms with E-state index >= 15 is 0 Å². The molecule has 14 heavy (non-hydrogen) atoms. The summed E-state index contributed by atoms with van der Waals surface area (Å²) < 4.78 is 11.1. The van der Waals surface area contributed by atoms with Crippen LogP contribution in [0.1, 0.15) is 26.7 Å². The van der Waals surface area contributed by atoms with Gasteiger partial charge in [-0.15, -0.1) is 0 Å².